The fraction of sp³-hybridized carbons (Fsp3) is 0.500. The molecule has 0 fully saturated rings. The average molecular weight is 587 g/mol. The Balaban J connectivity index is -0.0000000407. The van der Waals surface area contributed by atoms with Crippen LogP contribution in [0, 0.1) is 27.7 Å². The normalized spacial score (nSPS) is 8.00. The minimum Gasteiger partial charge on any atom is -0.545 e. The Labute approximate surface area is 232 Å². The topological polar surface area (TPSA) is 161 Å². The van der Waals surface area contributed by atoms with E-state index in [9.17, 15) is 39.6 Å². The van der Waals surface area contributed by atoms with Gasteiger partial charge in [0.05, 0.1) is 23.9 Å². The fourth-order valence-corrected chi connectivity index (χ4v) is 0.272. The molecule has 0 aromatic rings. The largest absolute Gasteiger partial charge is 2.00 e. The van der Waals surface area contributed by atoms with E-state index in [0.717, 1.165) is 25.7 Å². The average Bonchev–Trinajstić information content (AvgIpc) is 2.77. The Bertz CT molecular complexity index is 376. The van der Waals surface area contributed by atoms with E-state index in [-0.39, 0.29) is 39.0 Å². The molecule has 0 N–H and O–H groups in total. The first-order chi connectivity index (χ1) is 14.9. The van der Waals surface area contributed by atoms with Crippen molar-refractivity contribution in [2.75, 3.05) is 0 Å². The number of carbonyl (C=O) groups excluding carboxylic acids is 4. The van der Waals surface area contributed by atoms with E-state index in [1.165, 1.54) is 25.7 Å². The molecule has 0 atom stereocenters. The summed E-state index contributed by atoms with van der Waals surface area (Å²) >= 11 is 0. The molecule has 0 aliphatic heterocycles. The van der Waals surface area contributed by atoms with E-state index in [1.54, 1.807) is 0 Å². The second-order valence-corrected chi connectivity index (χ2v) is 5.36. The molecule has 0 bridgehead atoms. The van der Waals surface area contributed by atoms with Gasteiger partial charge in [0, 0.05) is 0 Å². The molecule has 0 aliphatic rings. The first-order valence-corrected chi connectivity index (χ1v) is 10.3. The second-order valence-electron chi connectivity index (χ2n) is 5.36. The minimum atomic E-state index is -1.55. The van der Waals surface area contributed by atoms with Crippen LogP contribution in [-0.2, 0) is 58.1 Å². The van der Waals surface area contributed by atoms with E-state index in [4.69, 9.17) is 0 Å². The van der Waals surface area contributed by atoms with Gasteiger partial charge in [-0.05, 0) is 24.3 Å². The molecule has 10 heteroatoms. The van der Waals surface area contributed by atoms with Crippen LogP contribution in [0.3, 0.4) is 0 Å². The first kappa shape index (κ1) is 53.8. The van der Waals surface area contributed by atoms with Crippen molar-refractivity contribution in [3.63, 3.8) is 0 Å². The number of carboxylic acids is 4. The van der Waals surface area contributed by atoms with Gasteiger partial charge < -0.3 is 67.3 Å². The summed E-state index contributed by atoms with van der Waals surface area (Å²) in [7, 11) is 0. The molecule has 192 valence electrons. The third kappa shape index (κ3) is 169. The molecule has 0 aromatic carbocycles. The molecule has 0 rings (SSSR count). The number of rotatable bonds is 8. The molecule has 8 nitrogen and oxygen atoms in total. The maximum atomic E-state index is 9.41. The number of carboxylic acid groups (broad SMARTS) is 4. The number of hydrogen-bond donors (Lipinski definition) is 0. The van der Waals surface area contributed by atoms with Crippen molar-refractivity contribution >= 4 is 23.9 Å². The quantitative estimate of drug-likeness (QED) is 0.226. The molecule has 34 heavy (non-hydrogen) atoms. The summed E-state index contributed by atoms with van der Waals surface area (Å²) in [4.78, 5) is 37.7. The molecule has 0 radical (unpaired) electrons. The van der Waals surface area contributed by atoms with Crippen LogP contribution in [-0.4, -0.2) is 23.9 Å². The summed E-state index contributed by atoms with van der Waals surface area (Å²) in [6.45, 7) is 22.9. The zero-order valence-electron chi connectivity index (χ0n) is 21.5. The van der Waals surface area contributed by atoms with Gasteiger partial charge in [-0.25, -0.2) is 0 Å². The Morgan fingerprint density at radius 2 is 0.559 bits per heavy atom. The summed E-state index contributed by atoms with van der Waals surface area (Å²) in [5.41, 5.74) is 0. The Kier molecular flexibility index (Phi) is 91.7. The van der Waals surface area contributed by atoms with E-state index in [0.29, 0.717) is 24.3 Å². The predicted molar refractivity (Wildman–Crippen MR) is 119 cm³/mol. The second kappa shape index (κ2) is 57.9. The number of unbranched alkanes of at least 4 members (excludes halogenated alkanes) is 4. The van der Waals surface area contributed by atoms with Gasteiger partial charge >= 0.3 is 39.0 Å². The molecule has 0 amide bonds. The van der Waals surface area contributed by atoms with Crippen LogP contribution < -0.4 is 20.4 Å². The van der Waals surface area contributed by atoms with Crippen LogP contribution in [0.15, 0.2) is 24.3 Å². The van der Waals surface area contributed by atoms with Crippen molar-refractivity contribution in [1.82, 2.24) is 0 Å². The van der Waals surface area contributed by atoms with Crippen molar-refractivity contribution in [2.24, 2.45) is 0 Å². The van der Waals surface area contributed by atoms with Crippen LogP contribution in [0.1, 0.15) is 79.1 Å². The maximum absolute atomic E-state index is 9.41. The molecule has 0 saturated heterocycles. The van der Waals surface area contributed by atoms with Crippen LogP contribution in [0.4, 0.5) is 0 Å². The van der Waals surface area contributed by atoms with Crippen molar-refractivity contribution in [2.45, 2.75) is 79.1 Å². The molecular weight excluding hydrogens is 547 g/mol. The van der Waals surface area contributed by atoms with Gasteiger partial charge in [-0.15, -0.1) is 0 Å². The van der Waals surface area contributed by atoms with Crippen LogP contribution in [0.2, 0.25) is 0 Å². The SMILES string of the molecule is O=C([O-])/C=C\C(=O)[O-].O=C([O-])/C=C\C(=O)[O-].[CH2-]CCC.[CH2-]CCC.[CH2-]CCC.[CH2-]CCC.[Zn+2].[Zn+2]. The maximum Gasteiger partial charge on any atom is 2.00 e. The van der Waals surface area contributed by atoms with Crippen LogP contribution in [0.25, 0.3) is 0 Å². The zero-order valence-corrected chi connectivity index (χ0v) is 27.4. The van der Waals surface area contributed by atoms with Crippen molar-refractivity contribution < 1.29 is 78.6 Å². The molecule has 0 spiro atoms. The van der Waals surface area contributed by atoms with Gasteiger partial charge in [0.15, 0.2) is 0 Å². The summed E-state index contributed by atoms with van der Waals surface area (Å²) in [5, 5.41) is 37.7. The fourth-order valence-electron chi connectivity index (χ4n) is 0.272. The summed E-state index contributed by atoms with van der Waals surface area (Å²) in [6.07, 6.45) is 10.6. The molecule has 0 unspecified atom stereocenters. The minimum absolute atomic E-state index is 0. The van der Waals surface area contributed by atoms with Gasteiger partial charge in [0.25, 0.3) is 0 Å². The molecule has 0 heterocycles. The smallest absolute Gasteiger partial charge is 0.545 e. The Hall–Kier alpha value is -1.39. The van der Waals surface area contributed by atoms with E-state index in [1.807, 2.05) is 0 Å². The predicted octanol–water partition coefficient (Wildman–Crippen LogP) is 0.562. The number of hydrogen-bond acceptors (Lipinski definition) is 8. The van der Waals surface area contributed by atoms with Crippen LogP contribution >= 0.6 is 0 Å². The standard InChI is InChI=1S/2C4H4O4.4C4H9.2Zn/c2*5-3(6)1-2-4(7)8;4*1-3-4-2;;/h2*1-2H,(H,5,6)(H,7,8);4*1,3-4H2,2H3;;/q;;4*-1;2*+2/p-4/b2*2-1-;;;;;;. The van der Waals surface area contributed by atoms with Crippen LogP contribution in [0.5, 0.6) is 0 Å². The summed E-state index contributed by atoms with van der Waals surface area (Å²) in [6, 6.07) is 0. The molecular formula is C24H40O8Zn2-4. The first-order valence-electron chi connectivity index (χ1n) is 10.3. The Morgan fingerprint density at radius 3 is 0.588 bits per heavy atom. The monoisotopic (exact) mass is 584 g/mol. The van der Waals surface area contributed by atoms with Crippen molar-refractivity contribution in [1.29, 1.82) is 0 Å². The number of carbonyl (C=O) groups is 4. The molecule has 0 aliphatic carbocycles. The van der Waals surface area contributed by atoms with Crippen molar-refractivity contribution in [3.8, 4) is 0 Å². The van der Waals surface area contributed by atoms with Gasteiger partial charge in [-0.2, -0.15) is 25.7 Å². The van der Waals surface area contributed by atoms with Gasteiger partial charge in [0.1, 0.15) is 0 Å². The summed E-state index contributed by atoms with van der Waals surface area (Å²) < 4.78 is 0. The number of aliphatic carboxylic acids is 4. The molecule has 0 aromatic heterocycles. The summed E-state index contributed by atoms with van der Waals surface area (Å²) in [5.74, 6) is -6.19. The van der Waals surface area contributed by atoms with E-state index >= 15 is 0 Å². The van der Waals surface area contributed by atoms with E-state index in [2.05, 4.69) is 55.4 Å². The molecule has 0 saturated carbocycles. The third-order valence-electron chi connectivity index (χ3n) is 2.13. The third-order valence-corrected chi connectivity index (χ3v) is 2.13. The van der Waals surface area contributed by atoms with E-state index < -0.39 is 23.9 Å². The zero-order chi connectivity index (χ0) is 26.8. The van der Waals surface area contributed by atoms with Gasteiger partial charge in [-0.3, -0.25) is 0 Å². The Morgan fingerprint density at radius 1 is 0.471 bits per heavy atom. The van der Waals surface area contributed by atoms with Gasteiger partial charge in [-0.1, -0.05) is 53.4 Å². The van der Waals surface area contributed by atoms with Gasteiger partial charge in [0.2, 0.25) is 0 Å². The van der Waals surface area contributed by atoms with Crippen molar-refractivity contribution in [3.05, 3.63) is 52.0 Å².